The second-order valence-electron chi connectivity index (χ2n) is 3.63. The normalized spacial score (nSPS) is 22.1. The number of hydrogen-bond acceptors (Lipinski definition) is 3. The van der Waals surface area contributed by atoms with E-state index in [4.69, 9.17) is 0 Å². The van der Waals surface area contributed by atoms with E-state index in [2.05, 4.69) is 16.4 Å². The number of thioether (sulfide) groups is 1. The van der Waals surface area contributed by atoms with E-state index in [0.29, 0.717) is 6.04 Å². The molecule has 2 rings (SSSR count). The molecule has 2 heterocycles. The lowest BCUT2D eigenvalue weighted by molar-refractivity contribution is 0.430. The van der Waals surface area contributed by atoms with Crippen LogP contribution in [0.15, 0.2) is 29.4 Å². The molecule has 14 heavy (non-hydrogen) atoms. The van der Waals surface area contributed by atoms with Gasteiger partial charge in [0, 0.05) is 18.0 Å². The van der Waals surface area contributed by atoms with Crippen LogP contribution in [0.2, 0.25) is 0 Å². The Bertz CT molecular complexity index is 257. The van der Waals surface area contributed by atoms with Crippen LogP contribution in [0.1, 0.15) is 19.3 Å². The molecule has 0 spiro atoms. The molecule has 1 saturated heterocycles. The zero-order valence-electron chi connectivity index (χ0n) is 8.28. The van der Waals surface area contributed by atoms with Crippen molar-refractivity contribution in [1.29, 1.82) is 0 Å². The molecule has 0 radical (unpaired) electrons. The molecule has 0 amide bonds. The summed E-state index contributed by atoms with van der Waals surface area (Å²) in [5, 5.41) is 4.68. The van der Waals surface area contributed by atoms with Crippen LogP contribution in [0.4, 0.5) is 0 Å². The SMILES string of the molecule is c1ccc(SC[C@H]2CCCCN2)nc1. The third-order valence-electron chi connectivity index (χ3n) is 2.48. The van der Waals surface area contributed by atoms with E-state index in [1.165, 1.54) is 25.8 Å². The summed E-state index contributed by atoms with van der Waals surface area (Å²) in [5.74, 6) is 1.15. The van der Waals surface area contributed by atoms with E-state index < -0.39 is 0 Å². The first-order valence-corrected chi connectivity index (χ1v) is 6.21. The van der Waals surface area contributed by atoms with E-state index in [1.807, 2.05) is 30.1 Å². The zero-order valence-corrected chi connectivity index (χ0v) is 9.09. The van der Waals surface area contributed by atoms with Gasteiger partial charge in [0.25, 0.3) is 0 Å². The number of pyridine rings is 1. The Morgan fingerprint density at radius 2 is 2.43 bits per heavy atom. The summed E-state index contributed by atoms with van der Waals surface area (Å²) in [7, 11) is 0. The third kappa shape index (κ3) is 3.00. The molecule has 0 aromatic carbocycles. The van der Waals surface area contributed by atoms with E-state index in [9.17, 15) is 0 Å². The highest BCUT2D eigenvalue weighted by Gasteiger charge is 2.12. The van der Waals surface area contributed by atoms with Gasteiger partial charge < -0.3 is 5.32 Å². The fourth-order valence-electron chi connectivity index (χ4n) is 1.68. The van der Waals surface area contributed by atoms with Crippen molar-refractivity contribution in [2.24, 2.45) is 0 Å². The Labute approximate surface area is 89.5 Å². The number of nitrogens with one attached hydrogen (secondary N) is 1. The lowest BCUT2D eigenvalue weighted by Crippen LogP contribution is -2.35. The van der Waals surface area contributed by atoms with Crippen LogP contribution in [0.5, 0.6) is 0 Å². The summed E-state index contributed by atoms with van der Waals surface area (Å²) in [5.41, 5.74) is 0. The van der Waals surface area contributed by atoms with Gasteiger partial charge in [-0.1, -0.05) is 12.5 Å². The van der Waals surface area contributed by atoms with Crippen LogP contribution in [-0.4, -0.2) is 23.3 Å². The molecule has 3 heteroatoms. The lowest BCUT2D eigenvalue weighted by Gasteiger charge is -2.22. The maximum absolute atomic E-state index is 4.30. The minimum absolute atomic E-state index is 0.691. The Morgan fingerprint density at radius 1 is 1.43 bits per heavy atom. The molecule has 0 aliphatic carbocycles. The average molecular weight is 208 g/mol. The molecule has 1 fully saturated rings. The monoisotopic (exact) mass is 208 g/mol. The Hall–Kier alpha value is -0.540. The molecule has 1 atom stereocenters. The van der Waals surface area contributed by atoms with Gasteiger partial charge in [0.2, 0.25) is 0 Å². The van der Waals surface area contributed by atoms with Gasteiger partial charge in [0.15, 0.2) is 0 Å². The predicted molar refractivity (Wildman–Crippen MR) is 60.6 cm³/mol. The first-order valence-electron chi connectivity index (χ1n) is 5.22. The molecular weight excluding hydrogens is 192 g/mol. The number of rotatable bonds is 3. The zero-order chi connectivity index (χ0) is 9.64. The van der Waals surface area contributed by atoms with Crippen molar-refractivity contribution in [2.45, 2.75) is 30.3 Å². The lowest BCUT2D eigenvalue weighted by atomic mass is 10.1. The molecule has 0 saturated carbocycles. The third-order valence-corrected chi connectivity index (χ3v) is 3.59. The first-order chi connectivity index (χ1) is 6.95. The number of piperidine rings is 1. The molecule has 0 bridgehead atoms. The predicted octanol–water partition coefficient (Wildman–Crippen LogP) is 2.32. The van der Waals surface area contributed by atoms with E-state index in [-0.39, 0.29) is 0 Å². The summed E-state index contributed by atoms with van der Waals surface area (Å²) in [4.78, 5) is 4.30. The summed E-state index contributed by atoms with van der Waals surface area (Å²) < 4.78 is 0. The van der Waals surface area contributed by atoms with Crippen molar-refractivity contribution in [3.8, 4) is 0 Å². The highest BCUT2D eigenvalue weighted by atomic mass is 32.2. The molecular formula is C11H16N2S. The van der Waals surface area contributed by atoms with Gasteiger partial charge in [-0.05, 0) is 31.5 Å². The maximum Gasteiger partial charge on any atom is 0.0960 e. The van der Waals surface area contributed by atoms with Crippen LogP contribution >= 0.6 is 11.8 Å². The van der Waals surface area contributed by atoms with Crippen LogP contribution < -0.4 is 5.32 Å². The van der Waals surface area contributed by atoms with E-state index >= 15 is 0 Å². The number of hydrogen-bond donors (Lipinski definition) is 1. The fraction of sp³-hybridized carbons (Fsp3) is 0.545. The maximum atomic E-state index is 4.30. The Morgan fingerprint density at radius 3 is 3.14 bits per heavy atom. The Balaban J connectivity index is 1.76. The topological polar surface area (TPSA) is 24.9 Å². The largest absolute Gasteiger partial charge is 0.313 e. The van der Waals surface area contributed by atoms with Gasteiger partial charge >= 0.3 is 0 Å². The van der Waals surface area contributed by atoms with Crippen LogP contribution in [0.3, 0.4) is 0 Å². The summed E-state index contributed by atoms with van der Waals surface area (Å²) in [6.45, 7) is 1.19. The van der Waals surface area contributed by atoms with Gasteiger partial charge in [-0.15, -0.1) is 11.8 Å². The second kappa shape index (κ2) is 5.37. The first kappa shape index (κ1) is 9.99. The van der Waals surface area contributed by atoms with Crippen molar-refractivity contribution in [2.75, 3.05) is 12.3 Å². The van der Waals surface area contributed by atoms with Gasteiger partial charge in [0.1, 0.15) is 0 Å². The quantitative estimate of drug-likeness (QED) is 0.772. The van der Waals surface area contributed by atoms with Crippen LogP contribution in [-0.2, 0) is 0 Å². The van der Waals surface area contributed by atoms with Crippen molar-refractivity contribution in [3.63, 3.8) is 0 Å². The van der Waals surface area contributed by atoms with Gasteiger partial charge in [-0.25, -0.2) is 4.98 Å². The molecule has 2 nitrogen and oxygen atoms in total. The fourth-order valence-corrected chi connectivity index (χ4v) is 2.65. The van der Waals surface area contributed by atoms with E-state index in [1.54, 1.807) is 0 Å². The minimum atomic E-state index is 0.691. The minimum Gasteiger partial charge on any atom is -0.313 e. The molecule has 76 valence electrons. The van der Waals surface area contributed by atoms with Crippen molar-refractivity contribution >= 4 is 11.8 Å². The summed E-state index contributed by atoms with van der Waals surface area (Å²) >= 11 is 1.85. The molecule has 1 N–H and O–H groups in total. The van der Waals surface area contributed by atoms with Gasteiger partial charge in [0.05, 0.1) is 5.03 Å². The molecule has 1 aliphatic rings. The van der Waals surface area contributed by atoms with Crippen LogP contribution in [0, 0.1) is 0 Å². The highest BCUT2D eigenvalue weighted by molar-refractivity contribution is 7.99. The van der Waals surface area contributed by atoms with Crippen LogP contribution in [0.25, 0.3) is 0 Å². The van der Waals surface area contributed by atoms with Crippen molar-refractivity contribution in [3.05, 3.63) is 24.4 Å². The van der Waals surface area contributed by atoms with Crippen molar-refractivity contribution in [1.82, 2.24) is 10.3 Å². The summed E-state index contributed by atoms with van der Waals surface area (Å²) in [6, 6.07) is 6.77. The molecule has 1 aromatic heterocycles. The molecule has 1 aromatic rings. The highest BCUT2D eigenvalue weighted by Crippen LogP contribution is 2.18. The number of aromatic nitrogens is 1. The molecule has 1 aliphatic heterocycles. The summed E-state index contributed by atoms with van der Waals surface area (Å²) in [6.07, 6.45) is 5.89. The van der Waals surface area contributed by atoms with E-state index in [0.717, 1.165) is 10.8 Å². The molecule has 0 unspecified atom stereocenters. The van der Waals surface area contributed by atoms with Crippen molar-refractivity contribution < 1.29 is 0 Å². The number of nitrogens with zero attached hydrogens (tertiary/aromatic N) is 1. The van der Waals surface area contributed by atoms with Gasteiger partial charge in [-0.2, -0.15) is 0 Å². The standard InChI is InChI=1S/C11H16N2S/c1-3-7-12-10(5-1)9-14-11-6-2-4-8-13-11/h2,4,6,8,10,12H,1,3,5,7,9H2/t10-/m1/s1. The van der Waals surface area contributed by atoms with Gasteiger partial charge in [-0.3, -0.25) is 0 Å². The Kier molecular flexibility index (Phi) is 3.83. The smallest absolute Gasteiger partial charge is 0.0960 e. The second-order valence-corrected chi connectivity index (χ2v) is 4.67. The average Bonchev–Trinajstić information content (AvgIpc) is 2.29.